The van der Waals surface area contributed by atoms with Crippen LogP contribution in [0.15, 0.2) is 127 Å². The summed E-state index contributed by atoms with van der Waals surface area (Å²) < 4.78 is 0. The summed E-state index contributed by atoms with van der Waals surface area (Å²) in [7, 11) is 0. The van der Waals surface area contributed by atoms with Crippen LogP contribution < -0.4 is 4.90 Å². The zero-order valence-electron chi connectivity index (χ0n) is 24.5. The maximum absolute atomic E-state index is 15.9. The molecule has 8 heteroatoms. The lowest BCUT2D eigenvalue weighted by Crippen LogP contribution is -2.45. The van der Waals surface area contributed by atoms with Crippen molar-refractivity contribution in [3.8, 4) is 0 Å². The Bertz CT molecular complexity index is 2020. The van der Waals surface area contributed by atoms with Gasteiger partial charge >= 0.3 is 0 Å². The third kappa shape index (κ3) is 3.99. The predicted octanol–water partition coefficient (Wildman–Crippen LogP) is 9.49. The highest BCUT2D eigenvalue weighted by molar-refractivity contribution is 6.42. The van der Waals surface area contributed by atoms with Gasteiger partial charge in [0.25, 0.3) is 0 Å². The van der Waals surface area contributed by atoms with Gasteiger partial charge in [0.05, 0.1) is 33.4 Å². The summed E-state index contributed by atoms with van der Waals surface area (Å²) in [4.78, 5) is 47.2. The van der Waals surface area contributed by atoms with Crippen LogP contribution in [0.1, 0.15) is 22.3 Å². The van der Waals surface area contributed by atoms with Gasteiger partial charge in [-0.2, -0.15) is 0 Å². The molecule has 0 unspecified atom stereocenters. The van der Waals surface area contributed by atoms with Gasteiger partial charge < -0.3 is 0 Å². The highest BCUT2D eigenvalue weighted by Gasteiger charge is 2.82. The number of amides is 2. The zero-order chi connectivity index (χ0) is 32.7. The fraction of sp³-hybridized carbons (Fsp3) is 0.103. The van der Waals surface area contributed by atoms with Crippen LogP contribution in [0.5, 0.6) is 0 Å². The van der Waals surface area contributed by atoms with Gasteiger partial charge in [-0.1, -0.05) is 131 Å². The SMILES string of the molecule is O=C1[C@@H]2[C@@H](C(=O)N1c1ccc(Cl)cc1Cl)[C@@]1(c3ccc(Cl)cc3)C(=O)[C@@]2(c2ccc(Cl)cc2)C(c2ccccc2)=C1c1ccccc1. The summed E-state index contributed by atoms with van der Waals surface area (Å²) >= 11 is 25.7. The number of Topliss-reactive ketones (excluding diaryl/α,β-unsaturated/α-hetero) is 1. The molecule has 5 aromatic carbocycles. The van der Waals surface area contributed by atoms with Crippen LogP contribution in [0.4, 0.5) is 5.69 Å². The van der Waals surface area contributed by atoms with Crippen LogP contribution >= 0.6 is 46.4 Å². The monoisotopic (exact) mass is 693 g/mol. The lowest BCUT2D eigenvalue weighted by molar-refractivity contribution is -0.130. The molecule has 0 N–H and O–H groups in total. The van der Waals surface area contributed by atoms with Gasteiger partial charge in [0.15, 0.2) is 5.78 Å². The van der Waals surface area contributed by atoms with Gasteiger partial charge in [0.2, 0.25) is 11.8 Å². The molecule has 4 atom stereocenters. The van der Waals surface area contributed by atoms with Crippen LogP contribution in [0.2, 0.25) is 20.1 Å². The molecule has 8 rings (SSSR count). The average molecular weight is 695 g/mol. The second-order valence-corrected chi connectivity index (χ2v) is 13.7. The number of imide groups is 1. The molecule has 2 aliphatic carbocycles. The molecule has 4 nitrogen and oxygen atoms in total. The predicted molar refractivity (Wildman–Crippen MR) is 187 cm³/mol. The largest absolute Gasteiger partial charge is 0.297 e. The Balaban J connectivity index is 1.56. The first-order valence-electron chi connectivity index (χ1n) is 15.0. The van der Waals surface area contributed by atoms with E-state index >= 15 is 14.4 Å². The van der Waals surface area contributed by atoms with Crippen molar-refractivity contribution in [1.29, 1.82) is 0 Å². The summed E-state index contributed by atoms with van der Waals surface area (Å²) in [5.74, 6) is -3.47. The molecule has 3 aliphatic rings. The van der Waals surface area contributed by atoms with E-state index in [0.29, 0.717) is 37.3 Å². The minimum Gasteiger partial charge on any atom is -0.297 e. The fourth-order valence-corrected chi connectivity index (χ4v) is 9.00. The van der Waals surface area contributed by atoms with Crippen molar-refractivity contribution in [2.24, 2.45) is 11.8 Å². The number of ketones is 1. The lowest BCUT2D eigenvalue weighted by Gasteiger charge is -2.39. The topological polar surface area (TPSA) is 54.5 Å². The molecule has 1 saturated heterocycles. The first kappa shape index (κ1) is 30.2. The van der Waals surface area contributed by atoms with Crippen LogP contribution in [0, 0.1) is 11.8 Å². The molecule has 2 amide bonds. The van der Waals surface area contributed by atoms with E-state index < -0.39 is 34.5 Å². The van der Waals surface area contributed by atoms with E-state index in [0.717, 1.165) is 16.0 Å². The van der Waals surface area contributed by atoms with E-state index in [4.69, 9.17) is 46.4 Å². The summed E-state index contributed by atoms with van der Waals surface area (Å²) in [6, 6.07) is 37.9. The standard InChI is InChI=1S/C39H23Cl4NO3/c40-26-15-11-24(12-16-26)38-31(22-7-3-1-4-8-22)32(23-9-5-2-6-10-23)39(37(38)47,25-13-17-27(41)18-14-25)34-33(38)35(45)44(36(34)46)30-20-19-28(42)21-29(30)43/h1-21,33-34H/t33-,34-,38-,39-/m0/s1. The Kier molecular flexibility index (Phi) is 7.02. The maximum atomic E-state index is 15.9. The van der Waals surface area contributed by atoms with E-state index in [1.54, 1.807) is 60.7 Å². The molecule has 1 saturated carbocycles. The van der Waals surface area contributed by atoms with Gasteiger partial charge in [-0.05, 0) is 75.9 Å². The number of anilines is 1. The molecule has 1 heterocycles. The number of rotatable bonds is 5. The van der Waals surface area contributed by atoms with Gasteiger partial charge in [0.1, 0.15) is 0 Å². The molecular weight excluding hydrogens is 672 g/mol. The van der Waals surface area contributed by atoms with Gasteiger partial charge in [-0.15, -0.1) is 0 Å². The smallest absolute Gasteiger partial charge is 0.239 e. The van der Waals surface area contributed by atoms with E-state index in [2.05, 4.69) is 0 Å². The highest BCUT2D eigenvalue weighted by Crippen LogP contribution is 2.74. The van der Waals surface area contributed by atoms with Crippen molar-refractivity contribution in [1.82, 2.24) is 0 Å². The molecule has 230 valence electrons. The van der Waals surface area contributed by atoms with Gasteiger partial charge in [0, 0.05) is 15.1 Å². The Morgan fingerprint density at radius 2 is 0.894 bits per heavy atom. The number of nitrogens with zero attached hydrogens (tertiary/aromatic N) is 1. The number of benzene rings is 5. The van der Waals surface area contributed by atoms with E-state index in [1.165, 1.54) is 6.07 Å². The van der Waals surface area contributed by atoms with Gasteiger partial charge in [-0.25, -0.2) is 4.90 Å². The quantitative estimate of drug-likeness (QED) is 0.172. The minimum absolute atomic E-state index is 0.151. The summed E-state index contributed by atoms with van der Waals surface area (Å²) in [6.45, 7) is 0. The average Bonchev–Trinajstić information content (AvgIpc) is 3.58. The number of carbonyl (C=O) groups is 3. The molecular formula is C39H23Cl4NO3. The molecule has 47 heavy (non-hydrogen) atoms. The fourth-order valence-electron chi connectivity index (χ4n) is 8.26. The number of hydrogen-bond donors (Lipinski definition) is 0. The summed E-state index contributed by atoms with van der Waals surface area (Å²) in [6.07, 6.45) is 0. The zero-order valence-corrected chi connectivity index (χ0v) is 27.5. The molecule has 2 fully saturated rings. The minimum atomic E-state index is -1.57. The molecule has 0 radical (unpaired) electrons. The van der Waals surface area contributed by atoms with Crippen molar-refractivity contribution >= 4 is 80.8 Å². The van der Waals surface area contributed by atoms with E-state index in [1.807, 2.05) is 60.7 Å². The molecule has 1 aliphatic heterocycles. The summed E-state index contributed by atoms with van der Waals surface area (Å²) in [5, 5.41) is 1.47. The summed E-state index contributed by atoms with van der Waals surface area (Å²) in [5.41, 5.74) is 1.13. The van der Waals surface area contributed by atoms with Crippen molar-refractivity contribution in [2.75, 3.05) is 4.90 Å². The first-order valence-corrected chi connectivity index (χ1v) is 16.5. The lowest BCUT2D eigenvalue weighted by atomic mass is 9.59. The molecule has 2 bridgehead atoms. The number of carbonyl (C=O) groups excluding carboxylic acids is 3. The first-order chi connectivity index (χ1) is 22.7. The normalized spacial score (nSPS) is 24.8. The van der Waals surface area contributed by atoms with Gasteiger partial charge in [-0.3, -0.25) is 14.4 Å². The van der Waals surface area contributed by atoms with Crippen LogP contribution in [-0.4, -0.2) is 17.6 Å². The van der Waals surface area contributed by atoms with Crippen LogP contribution in [0.3, 0.4) is 0 Å². The second-order valence-electron chi connectivity index (χ2n) is 12.0. The van der Waals surface area contributed by atoms with Crippen molar-refractivity contribution < 1.29 is 14.4 Å². The molecule has 0 aromatic heterocycles. The van der Waals surface area contributed by atoms with Crippen LogP contribution in [0.25, 0.3) is 11.1 Å². The molecule has 0 spiro atoms. The van der Waals surface area contributed by atoms with Crippen molar-refractivity contribution in [3.63, 3.8) is 0 Å². The Morgan fingerprint density at radius 1 is 0.489 bits per heavy atom. The van der Waals surface area contributed by atoms with Crippen LogP contribution in [-0.2, 0) is 25.2 Å². The second kappa shape index (κ2) is 10.9. The third-order valence-electron chi connectivity index (χ3n) is 9.87. The van der Waals surface area contributed by atoms with Crippen molar-refractivity contribution in [3.05, 3.63) is 170 Å². The number of allylic oxidation sites excluding steroid dienone is 2. The highest BCUT2D eigenvalue weighted by atomic mass is 35.5. The molecule has 5 aromatic rings. The van der Waals surface area contributed by atoms with E-state index in [-0.39, 0.29) is 16.5 Å². The van der Waals surface area contributed by atoms with Crippen molar-refractivity contribution in [2.45, 2.75) is 10.8 Å². The maximum Gasteiger partial charge on any atom is 0.239 e. The Morgan fingerprint density at radius 3 is 1.30 bits per heavy atom. The van der Waals surface area contributed by atoms with E-state index in [9.17, 15) is 0 Å². The third-order valence-corrected chi connectivity index (χ3v) is 10.9. The Labute approximate surface area is 291 Å². The number of hydrogen-bond acceptors (Lipinski definition) is 3. The Hall–Kier alpha value is -4.19. The number of fused-ring (bicyclic) bond motifs is 5. The number of halogens is 4.